The van der Waals surface area contributed by atoms with Crippen LogP contribution >= 0.6 is 0 Å². The van der Waals surface area contributed by atoms with E-state index in [2.05, 4.69) is 20.5 Å². The zero-order chi connectivity index (χ0) is 12.3. The van der Waals surface area contributed by atoms with Crippen molar-refractivity contribution in [3.63, 3.8) is 0 Å². The maximum absolute atomic E-state index is 10.2. The number of hydrogen-bond acceptors (Lipinski definition) is 4. The van der Waals surface area contributed by atoms with Crippen molar-refractivity contribution in [1.82, 2.24) is 9.80 Å². The van der Waals surface area contributed by atoms with E-state index in [-0.39, 0.29) is 0 Å². The van der Waals surface area contributed by atoms with Gasteiger partial charge in [-0.25, -0.2) is 29.0 Å². The van der Waals surface area contributed by atoms with Gasteiger partial charge in [-0.3, -0.25) is 0 Å². The first-order valence-corrected chi connectivity index (χ1v) is 3.90. The van der Waals surface area contributed by atoms with Crippen LogP contribution in [-0.4, -0.2) is 48.0 Å². The highest BCUT2D eigenvalue weighted by atomic mass is 16.2. The second-order valence-corrected chi connectivity index (χ2v) is 2.65. The van der Waals surface area contributed by atoms with Gasteiger partial charge in [0.15, 0.2) is 0 Å². The third kappa shape index (κ3) is 2.29. The molecule has 2 aliphatic rings. The van der Waals surface area contributed by atoms with Gasteiger partial charge in [0.1, 0.15) is 0 Å². The fourth-order valence-corrected chi connectivity index (χ4v) is 0.603. The average molecular weight is 226 g/mol. The summed E-state index contributed by atoms with van der Waals surface area (Å²) in [7, 11) is 2.65. The Morgan fingerprint density at radius 2 is 0.812 bits per heavy atom. The van der Waals surface area contributed by atoms with Gasteiger partial charge >= 0.3 is 24.1 Å². The van der Waals surface area contributed by atoms with Crippen molar-refractivity contribution in [2.45, 2.75) is 0 Å². The fraction of sp³-hybridized carbons (Fsp3) is 0.333. The first kappa shape index (κ1) is 11.6. The maximum atomic E-state index is 10.2. The highest BCUT2D eigenvalue weighted by Gasteiger charge is 2.22. The molecule has 2 aliphatic heterocycles. The highest BCUT2D eigenvalue weighted by Crippen LogP contribution is 2.02. The maximum Gasteiger partial charge on any atom is 0.370 e. The minimum absolute atomic E-state index is 0.602. The summed E-state index contributed by atoms with van der Waals surface area (Å²) in [5, 5.41) is 11.8. The van der Waals surface area contributed by atoms with E-state index in [0.29, 0.717) is 0 Å². The minimum atomic E-state index is -0.602. The zero-order valence-corrected chi connectivity index (χ0v) is 8.32. The molecule has 2 heterocycles. The van der Waals surface area contributed by atoms with Crippen molar-refractivity contribution < 1.29 is 19.2 Å². The lowest BCUT2D eigenvalue weighted by atomic mass is 10.8. The number of amides is 8. The van der Waals surface area contributed by atoms with E-state index in [1.807, 2.05) is 0 Å². The van der Waals surface area contributed by atoms with Crippen LogP contribution < -0.4 is 0 Å². The van der Waals surface area contributed by atoms with Gasteiger partial charge < -0.3 is 0 Å². The summed E-state index contributed by atoms with van der Waals surface area (Å²) in [6.07, 6.45) is 0. The summed E-state index contributed by atoms with van der Waals surface area (Å²) in [4.78, 5) is 42.6. The van der Waals surface area contributed by atoms with Crippen LogP contribution in [0.25, 0.3) is 0 Å². The van der Waals surface area contributed by atoms with Gasteiger partial charge in [-0.1, -0.05) is 20.5 Å². The normalized spacial score (nSPS) is 18.4. The van der Waals surface area contributed by atoms with Crippen LogP contribution in [-0.2, 0) is 0 Å². The highest BCUT2D eigenvalue weighted by molar-refractivity contribution is 5.98. The molecule has 0 radical (unpaired) electrons. The number of nitrogens with zero attached hydrogens (tertiary/aromatic N) is 6. The Bertz CT molecular complexity index is 351. The van der Waals surface area contributed by atoms with Crippen LogP contribution in [0.1, 0.15) is 0 Å². The van der Waals surface area contributed by atoms with Gasteiger partial charge in [0.25, 0.3) is 0 Å². The lowest BCUT2D eigenvalue weighted by molar-refractivity contribution is 0.212. The number of rotatable bonds is 0. The average Bonchev–Trinajstić information content (AvgIpc) is 2.70. The molecule has 0 N–H and O–H groups in total. The fourth-order valence-electron chi connectivity index (χ4n) is 0.603. The summed E-state index contributed by atoms with van der Waals surface area (Å²) in [5.74, 6) is 0. The molecule has 0 aromatic carbocycles. The molecule has 10 nitrogen and oxygen atoms in total. The van der Waals surface area contributed by atoms with Gasteiger partial charge in [0.2, 0.25) is 0 Å². The van der Waals surface area contributed by atoms with Crippen LogP contribution in [0.3, 0.4) is 0 Å². The molecule has 0 aromatic heterocycles. The Morgan fingerprint density at radius 1 is 0.625 bits per heavy atom. The van der Waals surface area contributed by atoms with Crippen LogP contribution in [0, 0.1) is 0 Å². The minimum Gasteiger partial charge on any atom is -0.244 e. The number of carbonyl (C=O) groups excluding carboxylic acids is 4. The summed E-state index contributed by atoms with van der Waals surface area (Å²) < 4.78 is 0. The second-order valence-electron chi connectivity index (χ2n) is 2.65. The van der Waals surface area contributed by atoms with E-state index in [4.69, 9.17) is 0 Å². The topological polar surface area (TPSA) is 124 Å². The number of carbonyl (C=O) groups is 4. The molecule has 0 spiro atoms. The number of azo groups is 2. The van der Waals surface area contributed by atoms with E-state index in [1.165, 1.54) is 14.1 Å². The molecule has 8 amide bonds. The molecular formula is C6H6N6O4. The molecule has 2 rings (SSSR count). The van der Waals surface area contributed by atoms with E-state index in [0.717, 1.165) is 9.80 Å². The lowest BCUT2D eigenvalue weighted by Crippen LogP contribution is -2.21. The Balaban J connectivity index is 0.000000160. The van der Waals surface area contributed by atoms with Crippen molar-refractivity contribution in [2.24, 2.45) is 20.5 Å². The van der Waals surface area contributed by atoms with Crippen molar-refractivity contribution in [3.05, 3.63) is 0 Å². The third-order valence-corrected chi connectivity index (χ3v) is 1.59. The molecule has 0 saturated heterocycles. The first-order valence-electron chi connectivity index (χ1n) is 3.90. The Morgan fingerprint density at radius 3 is 0.875 bits per heavy atom. The van der Waals surface area contributed by atoms with E-state index >= 15 is 0 Å². The standard InChI is InChI=1S/2C3H3N3O2/c2*1-6-2(7)4-5-3(6)8/h2*1H3. The van der Waals surface area contributed by atoms with Gasteiger partial charge in [0, 0.05) is 14.1 Å². The molecular weight excluding hydrogens is 220 g/mol. The van der Waals surface area contributed by atoms with E-state index < -0.39 is 24.1 Å². The molecule has 10 heteroatoms. The summed E-state index contributed by atoms with van der Waals surface area (Å²) in [6.45, 7) is 0. The summed E-state index contributed by atoms with van der Waals surface area (Å²) in [6, 6.07) is -2.41. The van der Waals surface area contributed by atoms with Crippen molar-refractivity contribution >= 4 is 24.1 Å². The molecule has 0 bridgehead atoms. The smallest absolute Gasteiger partial charge is 0.244 e. The Kier molecular flexibility index (Phi) is 3.13. The molecule has 0 aliphatic carbocycles. The van der Waals surface area contributed by atoms with Gasteiger partial charge in [-0.2, -0.15) is 0 Å². The summed E-state index contributed by atoms with van der Waals surface area (Å²) >= 11 is 0. The van der Waals surface area contributed by atoms with Crippen LogP contribution in [0.15, 0.2) is 20.5 Å². The van der Waals surface area contributed by atoms with E-state index in [9.17, 15) is 19.2 Å². The lowest BCUT2D eigenvalue weighted by Gasteiger charge is -1.96. The van der Waals surface area contributed by atoms with Crippen LogP contribution in [0.2, 0.25) is 0 Å². The van der Waals surface area contributed by atoms with Gasteiger partial charge in [-0.15, -0.1) is 0 Å². The quantitative estimate of drug-likeness (QED) is 0.616. The Labute approximate surface area is 88.6 Å². The zero-order valence-electron chi connectivity index (χ0n) is 8.32. The predicted molar refractivity (Wildman–Crippen MR) is 46.8 cm³/mol. The number of hydrogen-bond donors (Lipinski definition) is 0. The molecule has 0 aromatic rings. The monoisotopic (exact) mass is 226 g/mol. The largest absolute Gasteiger partial charge is 0.370 e. The van der Waals surface area contributed by atoms with Crippen molar-refractivity contribution in [2.75, 3.05) is 14.1 Å². The molecule has 0 unspecified atom stereocenters. The first-order chi connectivity index (χ1) is 7.43. The molecule has 16 heavy (non-hydrogen) atoms. The van der Waals surface area contributed by atoms with Crippen molar-refractivity contribution in [3.8, 4) is 0 Å². The number of urea groups is 4. The van der Waals surface area contributed by atoms with E-state index in [1.54, 1.807) is 0 Å². The van der Waals surface area contributed by atoms with Crippen LogP contribution in [0.5, 0.6) is 0 Å². The SMILES string of the molecule is CN1C(=O)N=NC1=O.CN1C(=O)N=NC1=O. The van der Waals surface area contributed by atoms with Crippen LogP contribution in [0.4, 0.5) is 19.2 Å². The molecule has 0 saturated carbocycles. The molecule has 0 atom stereocenters. The van der Waals surface area contributed by atoms with Gasteiger partial charge in [-0.05, 0) is 0 Å². The second kappa shape index (κ2) is 4.33. The number of imide groups is 2. The molecule has 84 valence electrons. The predicted octanol–water partition coefficient (Wildman–Crippen LogP) is 1.25. The Hall–Kier alpha value is -2.52. The third-order valence-electron chi connectivity index (χ3n) is 1.59. The van der Waals surface area contributed by atoms with Gasteiger partial charge in [0.05, 0.1) is 0 Å². The van der Waals surface area contributed by atoms with Crippen molar-refractivity contribution in [1.29, 1.82) is 0 Å². The molecule has 0 fully saturated rings. The summed E-state index contributed by atoms with van der Waals surface area (Å²) in [5.41, 5.74) is 0.